The van der Waals surface area contributed by atoms with Crippen LogP contribution in [-0.4, -0.2) is 16.6 Å². The summed E-state index contributed by atoms with van der Waals surface area (Å²) in [6.45, 7) is 3.58. The van der Waals surface area contributed by atoms with Crippen molar-refractivity contribution in [2.24, 2.45) is 23.2 Å². The van der Waals surface area contributed by atoms with E-state index >= 15 is 0 Å². The Morgan fingerprint density at radius 1 is 1.09 bits per heavy atom. The maximum atomic E-state index is 14.5. The van der Waals surface area contributed by atoms with Gasteiger partial charge >= 0.3 is 0 Å². The lowest BCUT2D eigenvalue weighted by Crippen LogP contribution is -2.44. The van der Waals surface area contributed by atoms with E-state index in [-0.39, 0.29) is 23.1 Å². The minimum absolute atomic E-state index is 0.0736. The normalized spacial score (nSPS) is 32.2. The molecule has 2 saturated carbocycles. The van der Waals surface area contributed by atoms with Crippen LogP contribution in [-0.2, 0) is 29.1 Å². The molecule has 0 saturated heterocycles. The first-order valence-corrected chi connectivity index (χ1v) is 12.6. The van der Waals surface area contributed by atoms with E-state index in [1.54, 1.807) is 6.07 Å². The van der Waals surface area contributed by atoms with Gasteiger partial charge in [-0.05, 0) is 84.1 Å². The van der Waals surface area contributed by atoms with Crippen LogP contribution >= 0.6 is 0 Å². The smallest absolute Gasteiger partial charge is 0.223 e. The minimum Gasteiger partial charge on any atom is -0.334 e. The number of carbonyl (C=O) groups excluding carboxylic acids is 2. The molecule has 4 heteroatoms. The molecule has 2 aromatic carbocycles. The third kappa shape index (κ3) is 3.28. The van der Waals surface area contributed by atoms with E-state index in [0.717, 1.165) is 37.7 Å². The fourth-order valence-corrected chi connectivity index (χ4v) is 7.87. The third-order valence-electron chi connectivity index (χ3n) is 9.49. The van der Waals surface area contributed by atoms with Crippen molar-refractivity contribution >= 4 is 11.7 Å². The molecule has 0 N–H and O–H groups in total. The molecule has 33 heavy (non-hydrogen) atoms. The van der Waals surface area contributed by atoms with Crippen molar-refractivity contribution < 1.29 is 14.0 Å². The zero-order chi connectivity index (χ0) is 22.7. The van der Waals surface area contributed by atoms with Gasteiger partial charge in [0, 0.05) is 31.3 Å². The first kappa shape index (κ1) is 21.1. The largest absolute Gasteiger partial charge is 0.334 e. The van der Waals surface area contributed by atoms with Gasteiger partial charge in [-0.1, -0.05) is 43.3 Å². The molecular weight excluding hydrogens is 413 g/mol. The van der Waals surface area contributed by atoms with Crippen LogP contribution in [0.25, 0.3) is 0 Å². The second kappa shape index (κ2) is 7.78. The van der Waals surface area contributed by atoms with Crippen LogP contribution in [0.1, 0.15) is 73.6 Å². The number of rotatable bonds is 3. The molecule has 3 unspecified atom stereocenters. The van der Waals surface area contributed by atoms with Crippen LogP contribution < -0.4 is 0 Å². The number of halogens is 1. The Balaban J connectivity index is 1.20. The number of ketones is 1. The van der Waals surface area contributed by atoms with Gasteiger partial charge in [-0.3, -0.25) is 9.59 Å². The molecule has 4 aliphatic rings. The summed E-state index contributed by atoms with van der Waals surface area (Å²) in [7, 11) is 0. The van der Waals surface area contributed by atoms with Crippen molar-refractivity contribution in [2.75, 3.05) is 0 Å². The highest BCUT2D eigenvalue weighted by Crippen LogP contribution is 2.62. The maximum absolute atomic E-state index is 14.5. The highest BCUT2D eigenvalue weighted by molar-refractivity contribution is 5.88. The second-order valence-electron chi connectivity index (χ2n) is 11.0. The van der Waals surface area contributed by atoms with E-state index < -0.39 is 0 Å². The van der Waals surface area contributed by atoms with E-state index in [2.05, 4.69) is 25.1 Å². The maximum Gasteiger partial charge on any atom is 0.223 e. The van der Waals surface area contributed by atoms with Gasteiger partial charge in [-0.25, -0.2) is 4.39 Å². The second-order valence-corrected chi connectivity index (χ2v) is 11.0. The van der Waals surface area contributed by atoms with Gasteiger partial charge in [0.25, 0.3) is 0 Å². The summed E-state index contributed by atoms with van der Waals surface area (Å²) in [5, 5.41) is 0. The van der Waals surface area contributed by atoms with Gasteiger partial charge in [0.2, 0.25) is 5.91 Å². The topological polar surface area (TPSA) is 37.4 Å². The first-order valence-electron chi connectivity index (χ1n) is 12.6. The van der Waals surface area contributed by atoms with Crippen molar-refractivity contribution in [1.29, 1.82) is 0 Å². The SMILES string of the molecule is C[C@]12CCC3c4cccc(F)c4CCC3C1[C@H](CCC(=O)N1Cc3ccccc3C1)CC2=O. The predicted octanol–water partition coefficient (Wildman–Crippen LogP) is 5.80. The fraction of sp³-hybridized carbons (Fsp3) is 0.517. The molecule has 0 bridgehead atoms. The quantitative estimate of drug-likeness (QED) is 0.599. The van der Waals surface area contributed by atoms with Crippen molar-refractivity contribution in [3.8, 4) is 0 Å². The van der Waals surface area contributed by atoms with Crippen LogP contribution in [0.4, 0.5) is 4.39 Å². The Morgan fingerprint density at radius 2 is 1.85 bits per heavy atom. The molecule has 3 nitrogen and oxygen atoms in total. The van der Waals surface area contributed by atoms with Crippen molar-refractivity contribution in [2.45, 2.75) is 70.9 Å². The lowest BCUT2D eigenvalue weighted by molar-refractivity contribution is -0.132. The summed E-state index contributed by atoms with van der Waals surface area (Å²) in [4.78, 5) is 28.2. The number of benzene rings is 2. The average Bonchev–Trinajstić information content (AvgIpc) is 3.36. The van der Waals surface area contributed by atoms with Gasteiger partial charge < -0.3 is 4.90 Å². The number of amides is 1. The molecule has 3 aliphatic carbocycles. The van der Waals surface area contributed by atoms with E-state index in [1.165, 1.54) is 16.7 Å². The zero-order valence-electron chi connectivity index (χ0n) is 19.4. The Kier molecular flexibility index (Phi) is 4.97. The third-order valence-corrected chi connectivity index (χ3v) is 9.49. The Morgan fingerprint density at radius 3 is 2.61 bits per heavy atom. The molecule has 5 atom stereocenters. The Bertz CT molecular complexity index is 1100. The molecule has 2 aromatic rings. The summed E-state index contributed by atoms with van der Waals surface area (Å²) in [5.74, 6) is 1.86. The van der Waals surface area contributed by atoms with E-state index in [4.69, 9.17) is 0 Å². The lowest BCUT2D eigenvalue weighted by Gasteiger charge is -2.50. The highest BCUT2D eigenvalue weighted by Gasteiger charge is 2.58. The summed E-state index contributed by atoms with van der Waals surface area (Å²) in [6.07, 6.45) is 5.49. The molecular formula is C29H32FNO2. The van der Waals surface area contributed by atoms with Crippen LogP contribution in [0.3, 0.4) is 0 Å². The summed E-state index contributed by atoms with van der Waals surface area (Å²) >= 11 is 0. The number of hydrogen-bond donors (Lipinski definition) is 0. The number of hydrogen-bond acceptors (Lipinski definition) is 2. The first-order chi connectivity index (χ1) is 16.0. The van der Waals surface area contributed by atoms with Crippen LogP contribution in [0.2, 0.25) is 0 Å². The molecule has 0 aromatic heterocycles. The van der Waals surface area contributed by atoms with Crippen molar-refractivity contribution in [3.63, 3.8) is 0 Å². The molecule has 2 fully saturated rings. The lowest BCUT2D eigenvalue weighted by atomic mass is 9.54. The zero-order valence-corrected chi connectivity index (χ0v) is 19.4. The number of nitrogens with zero attached hydrogens (tertiary/aromatic N) is 1. The van der Waals surface area contributed by atoms with E-state index in [0.29, 0.717) is 49.5 Å². The molecule has 1 heterocycles. The van der Waals surface area contributed by atoms with Crippen LogP contribution in [0.15, 0.2) is 42.5 Å². The van der Waals surface area contributed by atoms with Gasteiger partial charge in [-0.2, -0.15) is 0 Å². The van der Waals surface area contributed by atoms with Crippen LogP contribution in [0, 0.1) is 29.0 Å². The number of carbonyl (C=O) groups is 2. The fourth-order valence-electron chi connectivity index (χ4n) is 7.87. The highest BCUT2D eigenvalue weighted by atomic mass is 19.1. The monoisotopic (exact) mass is 445 g/mol. The minimum atomic E-state index is -0.274. The molecule has 1 aliphatic heterocycles. The standard InChI is InChI=1S/C29H32FNO2/c1-29-14-13-22-21-7-4-8-25(30)23(21)10-11-24(22)28(29)18(15-26(29)32)9-12-27(33)31-16-19-5-2-3-6-20(19)17-31/h2-8,18,22,24,28H,9-17H2,1H3/t18-,22?,24?,28?,29-/m1/s1. The predicted molar refractivity (Wildman–Crippen MR) is 125 cm³/mol. The van der Waals surface area contributed by atoms with Gasteiger partial charge in [-0.15, -0.1) is 0 Å². The molecule has 0 radical (unpaired) electrons. The average molecular weight is 446 g/mol. The molecule has 1 amide bonds. The van der Waals surface area contributed by atoms with Gasteiger partial charge in [0.15, 0.2) is 0 Å². The van der Waals surface area contributed by atoms with E-state index in [9.17, 15) is 14.0 Å². The Hall–Kier alpha value is -2.49. The molecule has 172 valence electrons. The van der Waals surface area contributed by atoms with Crippen molar-refractivity contribution in [1.82, 2.24) is 4.90 Å². The number of fused-ring (bicyclic) bond motifs is 6. The molecule has 0 spiro atoms. The summed E-state index contributed by atoms with van der Waals surface area (Å²) in [6, 6.07) is 13.8. The Labute approximate surface area is 195 Å². The van der Waals surface area contributed by atoms with Crippen LogP contribution in [0.5, 0.6) is 0 Å². The number of Topliss-reactive ketones (excluding diaryl/α,β-unsaturated/α-hetero) is 1. The summed E-state index contributed by atoms with van der Waals surface area (Å²) < 4.78 is 14.5. The van der Waals surface area contributed by atoms with E-state index in [1.807, 2.05) is 23.1 Å². The van der Waals surface area contributed by atoms with Crippen molar-refractivity contribution in [3.05, 3.63) is 70.5 Å². The molecule has 6 rings (SSSR count). The van der Waals surface area contributed by atoms with Gasteiger partial charge in [0.05, 0.1) is 0 Å². The van der Waals surface area contributed by atoms with Gasteiger partial charge in [0.1, 0.15) is 11.6 Å². The summed E-state index contributed by atoms with van der Waals surface area (Å²) in [5.41, 5.74) is 4.29.